The lowest BCUT2D eigenvalue weighted by atomic mass is 10.1. The number of nitrogens with zero attached hydrogens (tertiary/aromatic N) is 4. The number of rotatable bonds is 2. The third-order valence-corrected chi connectivity index (χ3v) is 1.94. The highest BCUT2D eigenvalue weighted by atomic mass is 16.3. The Labute approximate surface area is 80.2 Å². The Morgan fingerprint density at radius 1 is 1.64 bits per heavy atom. The fourth-order valence-electron chi connectivity index (χ4n) is 1.20. The Bertz CT molecular complexity index is 485. The highest BCUT2D eigenvalue weighted by Gasteiger charge is 2.08. The zero-order valence-corrected chi connectivity index (χ0v) is 7.33. The van der Waals surface area contributed by atoms with Gasteiger partial charge in [0.05, 0.1) is 24.8 Å². The van der Waals surface area contributed by atoms with Crippen molar-refractivity contribution < 1.29 is 5.11 Å². The third-order valence-electron chi connectivity index (χ3n) is 1.94. The molecule has 0 aliphatic carbocycles. The standard InChI is InChI=1S/C9H8N4O/c10-3-1-8(14)7-5-11-9-2-4-12-13(9)6-7/h2,4-6,8,14H,1H2. The smallest absolute Gasteiger partial charge is 0.154 e. The zero-order valence-electron chi connectivity index (χ0n) is 7.33. The van der Waals surface area contributed by atoms with E-state index in [9.17, 15) is 5.11 Å². The molecule has 2 rings (SSSR count). The van der Waals surface area contributed by atoms with Gasteiger partial charge in [0.1, 0.15) is 0 Å². The molecule has 5 heteroatoms. The highest BCUT2D eigenvalue weighted by Crippen LogP contribution is 2.14. The molecule has 1 unspecified atom stereocenters. The van der Waals surface area contributed by atoms with Crippen molar-refractivity contribution in [2.24, 2.45) is 0 Å². The molecule has 70 valence electrons. The van der Waals surface area contributed by atoms with Crippen molar-refractivity contribution >= 4 is 5.65 Å². The molecule has 14 heavy (non-hydrogen) atoms. The van der Waals surface area contributed by atoms with Gasteiger partial charge in [-0.1, -0.05) is 0 Å². The first-order chi connectivity index (χ1) is 6.81. The van der Waals surface area contributed by atoms with Gasteiger partial charge in [-0.05, 0) is 0 Å². The van der Waals surface area contributed by atoms with E-state index in [0.717, 1.165) is 5.65 Å². The minimum atomic E-state index is -0.791. The molecule has 0 aliphatic rings. The van der Waals surface area contributed by atoms with Gasteiger partial charge in [0.15, 0.2) is 5.65 Å². The Morgan fingerprint density at radius 2 is 2.50 bits per heavy atom. The third kappa shape index (κ3) is 1.43. The van der Waals surface area contributed by atoms with E-state index in [4.69, 9.17) is 5.26 Å². The van der Waals surface area contributed by atoms with Crippen molar-refractivity contribution in [1.82, 2.24) is 14.6 Å². The van der Waals surface area contributed by atoms with Crippen LogP contribution in [0.4, 0.5) is 0 Å². The molecule has 0 spiro atoms. The van der Waals surface area contributed by atoms with E-state index < -0.39 is 6.10 Å². The summed E-state index contributed by atoms with van der Waals surface area (Å²) in [6.07, 6.45) is 4.13. The van der Waals surface area contributed by atoms with Gasteiger partial charge >= 0.3 is 0 Å². The van der Waals surface area contributed by atoms with Crippen molar-refractivity contribution in [3.8, 4) is 6.07 Å². The van der Waals surface area contributed by atoms with E-state index in [2.05, 4.69) is 10.1 Å². The van der Waals surface area contributed by atoms with Crippen LogP contribution in [-0.2, 0) is 0 Å². The van der Waals surface area contributed by atoms with Gasteiger partial charge in [-0.15, -0.1) is 0 Å². The molecular formula is C9H8N4O. The minimum Gasteiger partial charge on any atom is -0.387 e. The lowest BCUT2D eigenvalue weighted by Crippen LogP contribution is -2.00. The minimum absolute atomic E-state index is 0.0639. The van der Waals surface area contributed by atoms with E-state index in [1.807, 2.05) is 6.07 Å². The Morgan fingerprint density at radius 3 is 3.29 bits per heavy atom. The first-order valence-electron chi connectivity index (χ1n) is 4.15. The molecule has 0 bridgehead atoms. The van der Waals surface area contributed by atoms with Gasteiger partial charge in [-0.3, -0.25) is 0 Å². The number of hydrogen-bond donors (Lipinski definition) is 1. The second-order valence-corrected chi connectivity index (χ2v) is 2.90. The monoisotopic (exact) mass is 188 g/mol. The number of aromatic nitrogens is 3. The molecule has 2 heterocycles. The number of nitriles is 1. The lowest BCUT2D eigenvalue weighted by molar-refractivity contribution is 0.182. The molecule has 5 nitrogen and oxygen atoms in total. The molecule has 1 N–H and O–H groups in total. The van der Waals surface area contributed by atoms with Gasteiger partial charge in [0.2, 0.25) is 0 Å². The first kappa shape index (κ1) is 8.66. The van der Waals surface area contributed by atoms with Gasteiger partial charge in [-0.25, -0.2) is 9.50 Å². The Hall–Kier alpha value is -1.93. The van der Waals surface area contributed by atoms with Gasteiger partial charge in [-0.2, -0.15) is 10.4 Å². The van der Waals surface area contributed by atoms with Crippen molar-refractivity contribution in [3.63, 3.8) is 0 Å². The van der Waals surface area contributed by atoms with Gasteiger partial charge in [0, 0.05) is 24.0 Å². The lowest BCUT2D eigenvalue weighted by Gasteiger charge is -2.05. The van der Waals surface area contributed by atoms with Crippen LogP contribution in [0.5, 0.6) is 0 Å². The average Bonchev–Trinajstić information content (AvgIpc) is 2.64. The molecular weight excluding hydrogens is 180 g/mol. The molecule has 2 aromatic heterocycles. The van der Waals surface area contributed by atoms with E-state index in [-0.39, 0.29) is 6.42 Å². The molecule has 0 fully saturated rings. The number of aliphatic hydroxyl groups excluding tert-OH is 1. The Balaban J connectivity index is 2.39. The van der Waals surface area contributed by atoms with Crippen LogP contribution in [0.25, 0.3) is 5.65 Å². The summed E-state index contributed by atoms with van der Waals surface area (Å²) in [5, 5.41) is 21.9. The quantitative estimate of drug-likeness (QED) is 0.751. The zero-order chi connectivity index (χ0) is 9.97. The summed E-state index contributed by atoms with van der Waals surface area (Å²) in [5.74, 6) is 0. The summed E-state index contributed by atoms with van der Waals surface area (Å²) in [6.45, 7) is 0. The summed E-state index contributed by atoms with van der Waals surface area (Å²) in [7, 11) is 0. The first-order valence-corrected chi connectivity index (χ1v) is 4.15. The van der Waals surface area contributed by atoms with Gasteiger partial charge < -0.3 is 5.11 Å². The van der Waals surface area contributed by atoms with E-state index in [1.165, 1.54) is 0 Å². The van der Waals surface area contributed by atoms with Crippen LogP contribution in [-0.4, -0.2) is 19.7 Å². The summed E-state index contributed by atoms with van der Waals surface area (Å²) in [5.41, 5.74) is 1.32. The average molecular weight is 188 g/mol. The van der Waals surface area contributed by atoms with E-state index in [0.29, 0.717) is 5.56 Å². The topological polar surface area (TPSA) is 74.2 Å². The van der Waals surface area contributed by atoms with Crippen molar-refractivity contribution in [3.05, 3.63) is 30.2 Å². The maximum absolute atomic E-state index is 9.51. The predicted octanol–water partition coefficient (Wildman–Crippen LogP) is 0.676. The summed E-state index contributed by atoms with van der Waals surface area (Å²) < 4.78 is 1.57. The van der Waals surface area contributed by atoms with Crippen molar-refractivity contribution in [1.29, 1.82) is 5.26 Å². The van der Waals surface area contributed by atoms with Crippen LogP contribution in [0, 0.1) is 11.3 Å². The van der Waals surface area contributed by atoms with Crippen LogP contribution in [0.3, 0.4) is 0 Å². The highest BCUT2D eigenvalue weighted by molar-refractivity contribution is 5.36. The Kier molecular flexibility index (Phi) is 2.13. The largest absolute Gasteiger partial charge is 0.387 e. The predicted molar refractivity (Wildman–Crippen MR) is 48.2 cm³/mol. The van der Waals surface area contributed by atoms with E-state index >= 15 is 0 Å². The van der Waals surface area contributed by atoms with Crippen molar-refractivity contribution in [2.75, 3.05) is 0 Å². The number of aliphatic hydroxyl groups is 1. The fraction of sp³-hybridized carbons (Fsp3) is 0.222. The second kappa shape index (κ2) is 3.44. The van der Waals surface area contributed by atoms with Crippen LogP contribution >= 0.6 is 0 Å². The van der Waals surface area contributed by atoms with Crippen molar-refractivity contribution in [2.45, 2.75) is 12.5 Å². The van der Waals surface area contributed by atoms with Crippen LogP contribution in [0.1, 0.15) is 18.1 Å². The molecule has 0 amide bonds. The van der Waals surface area contributed by atoms with Crippen LogP contribution in [0.15, 0.2) is 24.7 Å². The maximum Gasteiger partial charge on any atom is 0.154 e. The molecule has 0 saturated heterocycles. The van der Waals surface area contributed by atoms with E-state index in [1.54, 1.807) is 29.2 Å². The molecule has 2 aromatic rings. The van der Waals surface area contributed by atoms with Crippen LogP contribution < -0.4 is 0 Å². The SMILES string of the molecule is N#CCC(O)c1cnc2ccnn2c1. The molecule has 1 atom stereocenters. The van der Waals surface area contributed by atoms with Crippen LogP contribution in [0.2, 0.25) is 0 Å². The summed E-state index contributed by atoms with van der Waals surface area (Å²) >= 11 is 0. The number of hydrogen-bond acceptors (Lipinski definition) is 4. The normalized spacial score (nSPS) is 12.6. The van der Waals surface area contributed by atoms with Gasteiger partial charge in [0.25, 0.3) is 0 Å². The number of fused-ring (bicyclic) bond motifs is 1. The fourth-order valence-corrected chi connectivity index (χ4v) is 1.20. The second-order valence-electron chi connectivity index (χ2n) is 2.90. The molecule has 0 aromatic carbocycles. The summed E-state index contributed by atoms with van der Waals surface area (Å²) in [4.78, 5) is 4.08. The maximum atomic E-state index is 9.51. The molecule has 0 radical (unpaired) electrons. The molecule has 0 aliphatic heterocycles. The molecule has 0 saturated carbocycles. The summed E-state index contributed by atoms with van der Waals surface area (Å²) in [6, 6.07) is 3.66.